The lowest BCUT2D eigenvalue weighted by molar-refractivity contribution is -0.117. The van der Waals surface area contributed by atoms with Crippen LogP contribution in [0.4, 0.5) is 5.13 Å². The number of carbonyl (C=O) groups is 3. The molecular weight excluding hydrogens is 568 g/mol. The smallest absolute Gasteiger partial charge is 0.350 e. The number of benzene rings is 2. The molecule has 0 bridgehead atoms. The summed E-state index contributed by atoms with van der Waals surface area (Å²) in [7, 11) is 1.50. The number of aromatic nitrogens is 1. The number of ether oxygens (including phenoxy) is 3. The van der Waals surface area contributed by atoms with Gasteiger partial charge in [0.05, 0.1) is 31.0 Å². The standard InChI is InChI=1S/C33H34N2O7S/c1-6-17-42-32(39)30-21(4)34-33(43-30)35-28(23-13-15-25(26(19-23)40-5)41-18-16-20(2)3)27(29(37)31(35)38)24(36)14-12-22-10-8-7-9-11-22/h6-15,19-20,28,37H,1,16-18H2,2-5H3. The summed E-state index contributed by atoms with van der Waals surface area (Å²) >= 11 is 0.932. The van der Waals surface area contributed by atoms with Crippen molar-refractivity contribution in [3.05, 3.63) is 100 Å². The number of aliphatic hydroxyl groups excluding tert-OH is 1. The number of anilines is 1. The van der Waals surface area contributed by atoms with Gasteiger partial charge >= 0.3 is 5.97 Å². The van der Waals surface area contributed by atoms with Crippen LogP contribution in [0.15, 0.2) is 78.6 Å². The normalized spacial score (nSPS) is 15.0. The van der Waals surface area contributed by atoms with Crippen molar-refractivity contribution in [1.29, 1.82) is 0 Å². The maximum Gasteiger partial charge on any atom is 0.350 e. The van der Waals surface area contributed by atoms with E-state index in [9.17, 15) is 19.5 Å². The average molecular weight is 603 g/mol. The van der Waals surface area contributed by atoms with Gasteiger partial charge in [-0.1, -0.05) is 80.3 Å². The van der Waals surface area contributed by atoms with Crippen LogP contribution >= 0.6 is 11.3 Å². The summed E-state index contributed by atoms with van der Waals surface area (Å²) in [4.78, 5) is 45.7. The number of aryl methyl sites for hydroxylation is 1. The third kappa shape index (κ3) is 7.03. The molecule has 1 aliphatic heterocycles. The molecule has 0 radical (unpaired) electrons. The number of hydrogen-bond acceptors (Lipinski definition) is 9. The molecule has 9 nitrogen and oxygen atoms in total. The Morgan fingerprint density at radius 1 is 1.16 bits per heavy atom. The van der Waals surface area contributed by atoms with Gasteiger partial charge < -0.3 is 19.3 Å². The quantitative estimate of drug-likeness (QED) is 0.136. The summed E-state index contributed by atoms with van der Waals surface area (Å²) in [6.45, 7) is 9.87. The van der Waals surface area contributed by atoms with Crippen molar-refractivity contribution in [3.8, 4) is 11.5 Å². The van der Waals surface area contributed by atoms with Crippen molar-refractivity contribution < 1.29 is 33.7 Å². The van der Waals surface area contributed by atoms with Crippen LogP contribution in [-0.4, -0.2) is 48.1 Å². The molecule has 0 fully saturated rings. The van der Waals surface area contributed by atoms with Gasteiger partial charge in [0, 0.05) is 0 Å². The largest absolute Gasteiger partial charge is 0.503 e. The van der Waals surface area contributed by atoms with Crippen LogP contribution in [0.5, 0.6) is 11.5 Å². The third-order valence-corrected chi connectivity index (χ3v) is 7.80. The van der Waals surface area contributed by atoms with Crippen LogP contribution < -0.4 is 14.4 Å². The summed E-state index contributed by atoms with van der Waals surface area (Å²) in [6, 6.07) is 13.2. The van der Waals surface area contributed by atoms with Gasteiger partial charge in [-0.25, -0.2) is 9.78 Å². The molecule has 2 aromatic carbocycles. The van der Waals surface area contributed by atoms with Gasteiger partial charge in [-0.15, -0.1) is 0 Å². The molecule has 2 heterocycles. The number of ketones is 1. The van der Waals surface area contributed by atoms with E-state index in [4.69, 9.17) is 14.2 Å². The Balaban J connectivity index is 1.78. The van der Waals surface area contributed by atoms with Gasteiger partial charge in [-0.2, -0.15) is 0 Å². The summed E-state index contributed by atoms with van der Waals surface area (Å²) < 4.78 is 16.7. The molecule has 3 aromatic rings. The molecule has 1 unspecified atom stereocenters. The van der Waals surface area contributed by atoms with Gasteiger partial charge in [0.1, 0.15) is 11.5 Å². The molecule has 0 aliphatic carbocycles. The number of hydrogen-bond donors (Lipinski definition) is 1. The maximum atomic E-state index is 13.6. The minimum Gasteiger partial charge on any atom is -0.503 e. The first-order chi connectivity index (χ1) is 20.7. The highest BCUT2D eigenvalue weighted by molar-refractivity contribution is 7.17. The minimum absolute atomic E-state index is 0.0108. The first kappa shape index (κ1) is 31.2. The Bertz CT molecular complexity index is 1570. The second-order valence-corrected chi connectivity index (χ2v) is 11.2. The molecule has 43 heavy (non-hydrogen) atoms. The fraction of sp³-hybridized carbons (Fsp3) is 0.273. The summed E-state index contributed by atoms with van der Waals surface area (Å²) in [5.41, 5.74) is 1.47. The van der Waals surface area contributed by atoms with Crippen molar-refractivity contribution in [1.82, 2.24) is 4.98 Å². The molecule has 4 rings (SSSR count). The molecule has 1 aromatic heterocycles. The van der Waals surface area contributed by atoms with E-state index in [1.165, 1.54) is 24.2 Å². The monoisotopic (exact) mass is 602 g/mol. The van der Waals surface area contributed by atoms with Gasteiger partial charge in [0.2, 0.25) is 0 Å². The molecule has 1 atom stereocenters. The number of allylic oxidation sites excluding steroid dienone is 1. The number of methoxy groups -OCH3 is 1. The topological polar surface area (TPSA) is 115 Å². The molecule has 10 heteroatoms. The maximum absolute atomic E-state index is 13.6. The highest BCUT2D eigenvalue weighted by Crippen LogP contribution is 2.45. The van der Waals surface area contributed by atoms with E-state index in [1.54, 1.807) is 31.2 Å². The van der Waals surface area contributed by atoms with Crippen molar-refractivity contribution in [2.75, 3.05) is 25.2 Å². The zero-order valence-corrected chi connectivity index (χ0v) is 25.3. The van der Waals surface area contributed by atoms with Crippen molar-refractivity contribution >= 4 is 40.2 Å². The van der Waals surface area contributed by atoms with Crippen LogP contribution in [-0.2, 0) is 14.3 Å². The molecule has 224 valence electrons. The summed E-state index contributed by atoms with van der Waals surface area (Å²) in [5, 5.41) is 11.2. The van der Waals surface area contributed by atoms with Crippen LogP contribution in [0.2, 0.25) is 0 Å². The molecule has 1 N–H and O–H groups in total. The first-order valence-corrected chi connectivity index (χ1v) is 14.6. The van der Waals surface area contributed by atoms with Crippen LogP contribution in [0.1, 0.15) is 52.8 Å². The van der Waals surface area contributed by atoms with Crippen LogP contribution in [0.25, 0.3) is 6.08 Å². The Morgan fingerprint density at radius 2 is 1.91 bits per heavy atom. The third-order valence-electron chi connectivity index (χ3n) is 6.67. The molecule has 0 spiro atoms. The fourth-order valence-corrected chi connectivity index (χ4v) is 5.44. The Labute approximate surface area is 254 Å². The summed E-state index contributed by atoms with van der Waals surface area (Å²) in [6.07, 6.45) is 5.22. The predicted octanol–water partition coefficient (Wildman–Crippen LogP) is 6.41. The van der Waals surface area contributed by atoms with E-state index in [2.05, 4.69) is 25.4 Å². The Morgan fingerprint density at radius 3 is 2.58 bits per heavy atom. The summed E-state index contributed by atoms with van der Waals surface area (Å²) in [5.74, 6) is -1.34. The fourth-order valence-electron chi connectivity index (χ4n) is 4.45. The lowest BCUT2D eigenvalue weighted by Crippen LogP contribution is -2.30. The van der Waals surface area contributed by atoms with E-state index in [1.807, 2.05) is 30.3 Å². The highest BCUT2D eigenvalue weighted by Gasteiger charge is 2.45. The number of aliphatic hydroxyl groups is 1. The first-order valence-electron chi connectivity index (χ1n) is 13.8. The molecule has 0 saturated carbocycles. The van der Waals surface area contributed by atoms with Crippen molar-refractivity contribution in [2.24, 2.45) is 5.92 Å². The van der Waals surface area contributed by atoms with E-state index in [0.29, 0.717) is 35.3 Å². The average Bonchev–Trinajstić information content (AvgIpc) is 3.51. The zero-order valence-electron chi connectivity index (χ0n) is 24.5. The van der Waals surface area contributed by atoms with Gasteiger partial charge in [-0.05, 0) is 48.6 Å². The Hall–Kier alpha value is -4.70. The zero-order chi connectivity index (χ0) is 31.1. The number of esters is 1. The predicted molar refractivity (Wildman–Crippen MR) is 166 cm³/mol. The van der Waals surface area contributed by atoms with E-state index >= 15 is 0 Å². The SMILES string of the molecule is C=CCOC(=O)c1sc(N2C(=O)C(O)=C(C(=O)C=Cc3ccccc3)C2c2ccc(OCCC(C)C)c(OC)c2)nc1C. The molecule has 0 saturated heterocycles. The number of amides is 1. The number of carbonyl (C=O) groups excluding carboxylic acids is 3. The Kier molecular flexibility index (Phi) is 10.2. The lowest BCUT2D eigenvalue weighted by Gasteiger charge is -2.25. The van der Waals surface area contributed by atoms with Gasteiger partial charge in [0.15, 0.2) is 28.2 Å². The van der Waals surface area contributed by atoms with Crippen molar-refractivity contribution in [2.45, 2.75) is 33.2 Å². The van der Waals surface area contributed by atoms with E-state index in [-0.39, 0.29) is 22.2 Å². The van der Waals surface area contributed by atoms with Crippen LogP contribution in [0.3, 0.4) is 0 Å². The second kappa shape index (κ2) is 14.0. The number of nitrogens with zero attached hydrogens (tertiary/aromatic N) is 2. The number of thiazole rings is 1. The lowest BCUT2D eigenvalue weighted by atomic mass is 9.95. The van der Waals surface area contributed by atoms with Gasteiger partial charge in [0.25, 0.3) is 5.91 Å². The second-order valence-electron chi connectivity index (χ2n) is 10.2. The van der Waals surface area contributed by atoms with Crippen molar-refractivity contribution in [3.63, 3.8) is 0 Å². The highest BCUT2D eigenvalue weighted by atomic mass is 32.1. The molecule has 1 amide bonds. The van der Waals surface area contributed by atoms with E-state index < -0.39 is 29.5 Å². The number of rotatable bonds is 13. The van der Waals surface area contributed by atoms with Crippen LogP contribution in [0, 0.1) is 12.8 Å². The molecular formula is C33H34N2O7S. The molecule has 1 aliphatic rings. The van der Waals surface area contributed by atoms with Gasteiger partial charge in [-0.3, -0.25) is 14.5 Å². The minimum atomic E-state index is -1.07. The van der Waals surface area contributed by atoms with E-state index in [0.717, 1.165) is 23.3 Å².